The Labute approximate surface area is 226 Å². The molecule has 1 aromatic carbocycles. The number of nitrogens with one attached hydrogen (secondary N) is 1. The van der Waals surface area contributed by atoms with Gasteiger partial charge in [-0.15, -0.1) is 21.5 Å². The van der Waals surface area contributed by atoms with E-state index in [1.807, 2.05) is 54.8 Å². The third kappa shape index (κ3) is 7.60. The number of ether oxygens (including phenoxy) is 1. The standard InChI is InChI=1S/C24H25N7O3S3/c1-4-34-21(33)11-17-12-35-23(27-17)28-20(32)14-37-24-30-29-19(31(24)18-8-6-5-7-9-18)13-36-22-25-15(2)10-16(3)26-22/h5-10,12H,4,11,13-14H2,1-3H3,(H,27,28,32). The van der Waals surface area contributed by atoms with Crippen molar-refractivity contribution < 1.29 is 14.3 Å². The van der Waals surface area contributed by atoms with Crippen molar-refractivity contribution in [2.75, 3.05) is 17.7 Å². The highest BCUT2D eigenvalue weighted by molar-refractivity contribution is 7.99. The first-order valence-corrected chi connectivity index (χ1v) is 14.2. The minimum absolute atomic E-state index is 0.0725. The zero-order valence-corrected chi connectivity index (χ0v) is 23.0. The van der Waals surface area contributed by atoms with E-state index in [4.69, 9.17) is 4.74 Å². The maximum Gasteiger partial charge on any atom is 0.311 e. The minimum atomic E-state index is -0.348. The molecule has 1 amide bonds. The van der Waals surface area contributed by atoms with E-state index in [1.54, 1.807) is 12.3 Å². The highest BCUT2D eigenvalue weighted by Gasteiger charge is 2.17. The Hall–Kier alpha value is -3.29. The smallest absolute Gasteiger partial charge is 0.311 e. The molecule has 0 aliphatic heterocycles. The molecule has 192 valence electrons. The first-order chi connectivity index (χ1) is 17.9. The van der Waals surface area contributed by atoms with Crippen molar-refractivity contribution in [1.29, 1.82) is 0 Å². The molecular weight excluding hydrogens is 531 g/mol. The molecule has 0 aliphatic carbocycles. The molecule has 0 radical (unpaired) electrons. The lowest BCUT2D eigenvalue weighted by Crippen LogP contribution is -2.15. The van der Waals surface area contributed by atoms with E-state index in [9.17, 15) is 9.59 Å². The Bertz CT molecular complexity index is 1350. The average molecular weight is 556 g/mol. The minimum Gasteiger partial charge on any atom is -0.466 e. The van der Waals surface area contributed by atoms with Gasteiger partial charge in [-0.3, -0.25) is 14.2 Å². The van der Waals surface area contributed by atoms with E-state index < -0.39 is 0 Å². The molecule has 0 unspecified atom stereocenters. The van der Waals surface area contributed by atoms with Crippen LogP contribution in [0.25, 0.3) is 5.69 Å². The lowest BCUT2D eigenvalue weighted by atomic mass is 10.3. The van der Waals surface area contributed by atoms with Crippen molar-refractivity contribution in [2.45, 2.75) is 43.3 Å². The number of para-hydroxylation sites is 1. The number of anilines is 1. The molecule has 13 heteroatoms. The van der Waals surface area contributed by atoms with E-state index >= 15 is 0 Å². The monoisotopic (exact) mass is 555 g/mol. The number of benzene rings is 1. The highest BCUT2D eigenvalue weighted by Crippen LogP contribution is 2.26. The molecule has 0 saturated carbocycles. The fraction of sp³-hybridized carbons (Fsp3) is 0.292. The Morgan fingerprint density at radius 3 is 2.54 bits per heavy atom. The number of hydrogen-bond acceptors (Lipinski definition) is 11. The van der Waals surface area contributed by atoms with Crippen LogP contribution in [0, 0.1) is 13.8 Å². The van der Waals surface area contributed by atoms with Crippen LogP contribution in [0.2, 0.25) is 0 Å². The second-order valence-electron chi connectivity index (χ2n) is 7.75. The normalized spacial score (nSPS) is 10.9. The molecule has 4 rings (SSSR count). The average Bonchev–Trinajstić information content (AvgIpc) is 3.48. The molecule has 0 aliphatic rings. The van der Waals surface area contributed by atoms with Crippen molar-refractivity contribution in [3.63, 3.8) is 0 Å². The SMILES string of the molecule is CCOC(=O)Cc1csc(NC(=O)CSc2nnc(CSc3nc(C)cc(C)n3)n2-c2ccccc2)n1. The summed E-state index contributed by atoms with van der Waals surface area (Å²) in [5.74, 6) is 0.777. The molecule has 3 aromatic heterocycles. The fourth-order valence-corrected chi connectivity index (χ4v) is 5.66. The summed E-state index contributed by atoms with van der Waals surface area (Å²) in [5.41, 5.74) is 3.28. The number of carbonyl (C=O) groups excluding carboxylic acids is 2. The molecule has 0 fully saturated rings. The number of carbonyl (C=O) groups is 2. The van der Waals surface area contributed by atoms with E-state index in [2.05, 4.69) is 30.5 Å². The zero-order valence-electron chi connectivity index (χ0n) is 20.5. The van der Waals surface area contributed by atoms with Gasteiger partial charge in [-0.25, -0.2) is 15.0 Å². The summed E-state index contributed by atoms with van der Waals surface area (Å²) < 4.78 is 6.88. The summed E-state index contributed by atoms with van der Waals surface area (Å²) in [6.07, 6.45) is 0.0725. The van der Waals surface area contributed by atoms with Gasteiger partial charge in [0.1, 0.15) is 5.82 Å². The molecule has 4 aromatic rings. The third-order valence-corrected chi connectivity index (χ3v) is 7.35. The van der Waals surface area contributed by atoms with Crippen LogP contribution in [0.4, 0.5) is 5.13 Å². The molecule has 0 saturated heterocycles. The van der Waals surface area contributed by atoms with Gasteiger partial charge < -0.3 is 10.1 Å². The number of amides is 1. The number of aromatic nitrogens is 6. The maximum atomic E-state index is 12.6. The Balaban J connectivity index is 1.42. The first kappa shape index (κ1) is 26.8. The Kier molecular flexibility index (Phi) is 9.25. The van der Waals surface area contributed by atoms with E-state index in [0.717, 1.165) is 22.9 Å². The number of thioether (sulfide) groups is 2. The van der Waals surface area contributed by atoms with Gasteiger partial charge in [0.2, 0.25) is 5.91 Å². The summed E-state index contributed by atoms with van der Waals surface area (Å²) in [5, 5.41) is 15.0. The molecule has 0 atom stereocenters. The predicted octanol–water partition coefficient (Wildman–Crippen LogP) is 4.26. The van der Waals surface area contributed by atoms with Crippen LogP contribution in [0.1, 0.15) is 29.8 Å². The Morgan fingerprint density at radius 2 is 1.81 bits per heavy atom. The molecule has 37 heavy (non-hydrogen) atoms. The van der Waals surface area contributed by atoms with Crippen LogP contribution in [0.5, 0.6) is 0 Å². The molecule has 1 N–H and O–H groups in total. The van der Waals surface area contributed by atoms with Gasteiger partial charge in [0.25, 0.3) is 0 Å². The summed E-state index contributed by atoms with van der Waals surface area (Å²) in [7, 11) is 0. The molecule has 10 nitrogen and oxygen atoms in total. The molecule has 0 bridgehead atoms. The summed E-state index contributed by atoms with van der Waals surface area (Å²) >= 11 is 4.03. The van der Waals surface area contributed by atoms with Crippen molar-refractivity contribution in [1.82, 2.24) is 29.7 Å². The van der Waals surface area contributed by atoms with Gasteiger partial charge in [0.05, 0.1) is 30.2 Å². The molecular formula is C24H25N7O3S3. The number of rotatable bonds is 11. The summed E-state index contributed by atoms with van der Waals surface area (Å²) in [6, 6.07) is 11.7. The number of esters is 1. The van der Waals surface area contributed by atoms with Crippen LogP contribution in [-0.4, -0.2) is 54.0 Å². The quantitative estimate of drug-likeness (QED) is 0.163. The van der Waals surface area contributed by atoms with Crippen LogP contribution >= 0.6 is 34.9 Å². The van der Waals surface area contributed by atoms with Crippen molar-refractivity contribution in [3.8, 4) is 5.69 Å². The fourth-order valence-electron chi connectivity index (χ4n) is 3.30. The Morgan fingerprint density at radius 1 is 1.05 bits per heavy atom. The summed E-state index contributed by atoms with van der Waals surface area (Å²) in [4.78, 5) is 37.5. The number of aryl methyl sites for hydroxylation is 2. The second-order valence-corrected chi connectivity index (χ2v) is 10.5. The third-order valence-electron chi connectivity index (χ3n) is 4.77. The van der Waals surface area contributed by atoms with Crippen molar-refractivity contribution in [3.05, 3.63) is 64.7 Å². The van der Waals surface area contributed by atoms with Gasteiger partial charge in [0.15, 0.2) is 15.4 Å². The lowest BCUT2D eigenvalue weighted by molar-refractivity contribution is -0.142. The topological polar surface area (TPSA) is 125 Å². The number of hydrogen-bond donors (Lipinski definition) is 1. The largest absolute Gasteiger partial charge is 0.466 e. The summed E-state index contributed by atoms with van der Waals surface area (Å²) in [6.45, 7) is 5.95. The highest BCUT2D eigenvalue weighted by atomic mass is 32.2. The van der Waals surface area contributed by atoms with Crippen molar-refractivity contribution in [2.24, 2.45) is 0 Å². The van der Waals surface area contributed by atoms with Crippen LogP contribution in [-0.2, 0) is 26.5 Å². The van der Waals surface area contributed by atoms with E-state index in [0.29, 0.717) is 33.5 Å². The van der Waals surface area contributed by atoms with Gasteiger partial charge >= 0.3 is 5.97 Å². The van der Waals surface area contributed by atoms with E-state index in [-0.39, 0.29) is 24.1 Å². The van der Waals surface area contributed by atoms with E-state index in [1.165, 1.54) is 34.9 Å². The predicted molar refractivity (Wildman–Crippen MR) is 144 cm³/mol. The van der Waals surface area contributed by atoms with Crippen molar-refractivity contribution >= 4 is 51.9 Å². The molecule has 0 spiro atoms. The van der Waals surface area contributed by atoms with Gasteiger partial charge in [-0.05, 0) is 39.0 Å². The van der Waals surface area contributed by atoms with Crippen LogP contribution < -0.4 is 5.32 Å². The second kappa shape index (κ2) is 12.8. The number of nitrogens with zero attached hydrogens (tertiary/aromatic N) is 6. The van der Waals surface area contributed by atoms with Gasteiger partial charge in [-0.2, -0.15) is 0 Å². The lowest BCUT2D eigenvalue weighted by Gasteiger charge is -2.10. The first-order valence-electron chi connectivity index (χ1n) is 11.4. The number of thiazole rings is 1. The van der Waals surface area contributed by atoms with Gasteiger partial charge in [-0.1, -0.05) is 41.7 Å². The van der Waals surface area contributed by atoms with Crippen LogP contribution in [0.15, 0.2) is 52.1 Å². The maximum absolute atomic E-state index is 12.6. The zero-order chi connectivity index (χ0) is 26.2. The van der Waals surface area contributed by atoms with Crippen LogP contribution in [0.3, 0.4) is 0 Å². The molecule has 3 heterocycles. The van der Waals surface area contributed by atoms with Gasteiger partial charge in [0, 0.05) is 22.5 Å².